The number of benzene rings is 3. The van der Waals surface area contributed by atoms with E-state index in [1.54, 1.807) is 48.5 Å². The first-order chi connectivity index (χ1) is 18.1. The minimum atomic E-state index is -0.793. The number of allylic oxidation sites excluding steroid dienone is 1. The zero-order valence-corrected chi connectivity index (χ0v) is 23.7. The van der Waals surface area contributed by atoms with Crippen LogP contribution < -0.4 is 15.0 Å². The van der Waals surface area contributed by atoms with E-state index in [4.69, 9.17) is 27.9 Å². The van der Waals surface area contributed by atoms with Crippen LogP contribution in [0.2, 0.25) is 10.0 Å². The Bertz CT molecular complexity index is 1520. The molecule has 0 unspecified atom stereocenters. The van der Waals surface area contributed by atoms with Crippen molar-refractivity contribution in [3.8, 4) is 5.75 Å². The fourth-order valence-electron chi connectivity index (χ4n) is 3.94. The SMILES string of the molecule is C=CCc1cc(/C=C2\C(=O)NC(=O)N(c3ccc(C)c(C)c3)C2=O)cc(Br)c1OCc1ccc(Cl)cc1Cl. The quantitative estimate of drug-likeness (QED) is 0.172. The number of aryl methyl sites for hydroxylation is 2. The lowest BCUT2D eigenvalue weighted by Gasteiger charge is -2.27. The van der Waals surface area contributed by atoms with Crippen LogP contribution in [0.4, 0.5) is 10.5 Å². The largest absolute Gasteiger partial charge is 0.487 e. The first-order valence-electron chi connectivity index (χ1n) is 11.6. The maximum atomic E-state index is 13.3. The van der Waals surface area contributed by atoms with Gasteiger partial charge < -0.3 is 4.74 Å². The fraction of sp³-hybridized carbons (Fsp3) is 0.138. The molecular weight excluding hydrogens is 591 g/mol. The van der Waals surface area contributed by atoms with Crippen LogP contribution in [0.3, 0.4) is 0 Å². The number of carbonyl (C=O) groups is 3. The van der Waals surface area contributed by atoms with Gasteiger partial charge in [0, 0.05) is 15.6 Å². The molecule has 1 N–H and O–H groups in total. The molecule has 3 aromatic rings. The van der Waals surface area contributed by atoms with Gasteiger partial charge in [0.15, 0.2) is 0 Å². The lowest BCUT2D eigenvalue weighted by Crippen LogP contribution is -2.54. The highest BCUT2D eigenvalue weighted by molar-refractivity contribution is 9.10. The number of hydrogen-bond donors (Lipinski definition) is 1. The average molecular weight is 614 g/mol. The second kappa shape index (κ2) is 11.6. The second-order valence-corrected chi connectivity index (χ2v) is 10.4. The van der Waals surface area contributed by atoms with Gasteiger partial charge in [0.05, 0.1) is 10.2 Å². The molecule has 0 spiro atoms. The molecular formula is C29H23BrCl2N2O4. The van der Waals surface area contributed by atoms with Gasteiger partial charge in [0.2, 0.25) is 0 Å². The number of anilines is 1. The molecule has 6 nitrogen and oxygen atoms in total. The Morgan fingerprint density at radius 2 is 1.76 bits per heavy atom. The first-order valence-corrected chi connectivity index (χ1v) is 13.1. The summed E-state index contributed by atoms with van der Waals surface area (Å²) in [5.41, 5.74) is 4.26. The molecule has 9 heteroatoms. The Hall–Kier alpha value is -3.39. The van der Waals surface area contributed by atoms with Crippen molar-refractivity contribution < 1.29 is 19.1 Å². The highest BCUT2D eigenvalue weighted by Gasteiger charge is 2.37. The van der Waals surface area contributed by atoms with Crippen molar-refractivity contribution in [1.29, 1.82) is 0 Å². The highest BCUT2D eigenvalue weighted by atomic mass is 79.9. The molecule has 0 bridgehead atoms. The summed E-state index contributed by atoms with van der Waals surface area (Å²) in [7, 11) is 0. The molecule has 1 saturated heterocycles. The highest BCUT2D eigenvalue weighted by Crippen LogP contribution is 2.34. The van der Waals surface area contributed by atoms with Crippen molar-refractivity contribution in [3.63, 3.8) is 0 Å². The third kappa shape index (κ3) is 5.85. The van der Waals surface area contributed by atoms with Crippen LogP contribution >= 0.6 is 39.1 Å². The number of hydrogen-bond acceptors (Lipinski definition) is 4. The predicted molar refractivity (Wildman–Crippen MR) is 154 cm³/mol. The van der Waals surface area contributed by atoms with Crippen molar-refractivity contribution in [2.45, 2.75) is 26.9 Å². The van der Waals surface area contributed by atoms with Crippen LogP contribution in [0, 0.1) is 13.8 Å². The van der Waals surface area contributed by atoms with Gasteiger partial charge >= 0.3 is 6.03 Å². The molecule has 194 valence electrons. The van der Waals surface area contributed by atoms with E-state index >= 15 is 0 Å². The summed E-state index contributed by atoms with van der Waals surface area (Å²) >= 11 is 15.8. The topological polar surface area (TPSA) is 75.7 Å². The van der Waals surface area contributed by atoms with E-state index in [-0.39, 0.29) is 12.2 Å². The molecule has 1 fully saturated rings. The Balaban J connectivity index is 1.67. The number of nitrogens with one attached hydrogen (secondary N) is 1. The standard InChI is InChI=1S/C29H23BrCl2N2O4/c1-4-5-19-11-18(13-24(30)26(19)38-15-20-7-8-21(31)14-25(20)32)12-23-27(35)33-29(37)34(28(23)36)22-9-6-16(2)17(3)10-22/h4,6-14H,1,5,15H2,2-3H3,(H,33,35,37)/b23-12+. The molecule has 0 atom stereocenters. The minimum Gasteiger partial charge on any atom is -0.487 e. The summed E-state index contributed by atoms with van der Waals surface area (Å²) < 4.78 is 6.69. The van der Waals surface area contributed by atoms with E-state index in [0.29, 0.717) is 37.9 Å². The van der Waals surface area contributed by atoms with Crippen molar-refractivity contribution in [1.82, 2.24) is 5.32 Å². The van der Waals surface area contributed by atoms with Crippen molar-refractivity contribution in [3.05, 3.63) is 109 Å². The summed E-state index contributed by atoms with van der Waals surface area (Å²) in [6, 6.07) is 13.1. The van der Waals surface area contributed by atoms with Crippen LogP contribution in [0.15, 0.2) is 71.2 Å². The van der Waals surface area contributed by atoms with Crippen LogP contribution in [0.25, 0.3) is 6.08 Å². The van der Waals surface area contributed by atoms with Gasteiger partial charge in [-0.1, -0.05) is 41.4 Å². The Morgan fingerprint density at radius 3 is 2.45 bits per heavy atom. The summed E-state index contributed by atoms with van der Waals surface area (Å²) in [5, 5.41) is 3.28. The van der Waals surface area contributed by atoms with Crippen LogP contribution in [0.1, 0.15) is 27.8 Å². The summed E-state index contributed by atoms with van der Waals surface area (Å²) in [4.78, 5) is 39.5. The summed E-state index contributed by atoms with van der Waals surface area (Å²) in [6.07, 6.45) is 3.64. The second-order valence-electron chi connectivity index (χ2n) is 8.73. The molecule has 0 radical (unpaired) electrons. The monoisotopic (exact) mass is 612 g/mol. The Kier molecular flexibility index (Phi) is 8.41. The zero-order valence-electron chi connectivity index (χ0n) is 20.6. The lowest BCUT2D eigenvalue weighted by molar-refractivity contribution is -0.122. The average Bonchev–Trinajstić information content (AvgIpc) is 2.84. The van der Waals surface area contributed by atoms with Crippen molar-refractivity contribution in [2.24, 2.45) is 0 Å². The number of amides is 4. The molecule has 0 saturated carbocycles. The number of carbonyl (C=O) groups excluding carboxylic acids is 3. The molecule has 4 amide bonds. The minimum absolute atomic E-state index is 0.166. The van der Waals surface area contributed by atoms with Gasteiger partial charge in [-0.05, 0) is 101 Å². The predicted octanol–water partition coefficient (Wildman–Crippen LogP) is 7.35. The number of halogens is 3. The van der Waals surface area contributed by atoms with E-state index < -0.39 is 17.8 Å². The number of barbiturate groups is 1. The molecule has 4 rings (SSSR count). The number of nitrogens with zero attached hydrogens (tertiary/aromatic N) is 1. The maximum Gasteiger partial charge on any atom is 0.335 e. The lowest BCUT2D eigenvalue weighted by atomic mass is 10.0. The summed E-state index contributed by atoms with van der Waals surface area (Å²) in [6.45, 7) is 7.84. The zero-order chi connectivity index (χ0) is 27.6. The molecule has 1 aliphatic heterocycles. The third-order valence-electron chi connectivity index (χ3n) is 6.06. The third-order valence-corrected chi connectivity index (χ3v) is 7.23. The summed E-state index contributed by atoms with van der Waals surface area (Å²) in [5.74, 6) is -0.898. The Morgan fingerprint density at radius 1 is 1.00 bits per heavy atom. The van der Waals surface area contributed by atoms with E-state index in [2.05, 4.69) is 27.8 Å². The van der Waals surface area contributed by atoms with Gasteiger partial charge in [-0.25, -0.2) is 9.69 Å². The molecule has 1 aliphatic rings. The normalized spacial score (nSPS) is 14.6. The number of rotatable bonds is 7. The van der Waals surface area contributed by atoms with E-state index in [0.717, 1.165) is 27.2 Å². The van der Waals surface area contributed by atoms with Gasteiger partial charge in [0.1, 0.15) is 17.9 Å². The van der Waals surface area contributed by atoms with E-state index in [1.165, 1.54) is 6.08 Å². The smallest absolute Gasteiger partial charge is 0.335 e. The van der Waals surface area contributed by atoms with Gasteiger partial charge in [0.25, 0.3) is 11.8 Å². The van der Waals surface area contributed by atoms with Crippen LogP contribution in [-0.2, 0) is 22.6 Å². The first kappa shape index (κ1) is 27.6. The number of urea groups is 1. The van der Waals surface area contributed by atoms with E-state index in [9.17, 15) is 14.4 Å². The van der Waals surface area contributed by atoms with E-state index in [1.807, 2.05) is 19.9 Å². The molecule has 0 aliphatic carbocycles. The van der Waals surface area contributed by atoms with Crippen LogP contribution in [-0.4, -0.2) is 17.8 Å². The molecule has 1 heterocycles. The molecule has 3 aromatic carbocycles. The number of ether oxygens (including phenoxy) is 1. The fourth-order valence-corrected chi connectivity index (χ4v) is 5.03. The Labute approximate surface area is 239 Å². The van der Waals surface area contributed by atoms with Crippen molar-refractivity contribution >= 4 is 68.7 Å². The van der Waals surface area contributed by atoms with Crippen LogP contribution in [0.5, 0.6) is 5.75 Å². The molecule has 0 aromatic heterocycles. The van der Waals surface area contributed by atoms with Gasteiger partial charge in [-0.15, -0.1) is 6.58 Å². The maximum absolute atomic E-state index is 13.3. The van der Waals surface area contributed by atoms with Gasteiger partial charge in [-0.3, -0.25) is 14.9 Å². The van der Waals surface area contributed by atoms with Crippen molar-refractivity contribution in [2.75, 3.05) is 4.90 Å². The van der Waals surface area contributed by atoms with Gasteiger partial charge in [-0.2, -0.15) is 0 Å². The number of imide groups is 2. The molecule has 38 heavy (non-hydrogen) atoms.